The predicted molar refractivity (Wildman–Crippen MR) is 146 cm³/mol. The Bertz CT molecular complexity index is 1270. The average molecular weight is 567 g/mol. The van der Waals surface area contributed by atoms with Crippen LogP contribution in [0.2, 0.25) is 10.0 Å². The van der Waals surface area contributed by atoms with Gasteiger partial charge >= 0.3 is 5.97 Å². The summed E-state index contributed by atoms with van der Waals surface area (Å²) in [5, 5.41) is 7.40. The number of thiophene rings is 1. The van der Waals surface area contributed by atoms with Crippen molar-refractivity contribution in [3.05, 3.63) is 39.3 Å². The van der Waals surface area contributed by atoms with Gasteiger partial charge in [0, 0.05) is 37.8 Å². The molecule has 5 heterocycles. The van der Waals surface area contributed by atoms with Crippen molar-refractivity contribution in [1.82, 2.24) is 9.97 Å². The number of halogens is 2. The highest BCUT2D eigenvalue weighted by Crippen LogP contribution is 2.43. The van der Waals surface area contributed by atoms with Gasteiger partial charge in [-0.3, -0.25) is 14.9 Å². The minimum absolute atomic E-state index is 0.0976. The number of carbonyl (C=O) groups excluding carboxylic acids is 2. The maximum absolute atomic E-state index is 13.0. The van der Waals surface area contributed by atoms with Crippen LogP contribution >= 0.6 is 45.9 Å². The number of thiazole rings is 1. The van der Waals surface area contributed by atoms with Crippen LogP contribution in [0.5, 0.6) is 0 Å². The van der Waals surface area contributed by atoms with E-state index in [1.165, 1.54) is 28.9 Å². The van der Waals surface area contributed by atoms with Gasteiger partial charge in [0.25, 0.3) is 5.91 Å². The molecule has 0 radical (unpaired) electrons. The number of ether oxygens (including phenoxy) is 1. The van der Waals surface area contributed by atoms with Crippen LogP contribution in [0.4, 0.5) is 16.0 Å². The van der Waals surface area contributed by atoms with E-state index < -0.39 is 0 Å². The highest BCUT2D eigenvalue weighted by molar-refractivity contribution is 7.21. The molecule has 2 aliphatic heterocycles. The van der Waals surface area contributed by atoms with Crippen molar-refractivity contribution >= 4 is 73.7 Å². The zero-order valence-electron chi connectivity index (χ0n) is 19.6. The van der Waals surface area contributed by atoms with E-state index in [-0.39, 0.29) is 17.8 Å². The van der Waals surface area contributed by atoms with E-state index in [0.29, 0.717) is 59.1 Å². The number of aromatic nitrogens is 2. The molecule has 2 fully saturated rings. The Morgan fingerprint density at radius 1 is 1.17 bits per heavy atom. The summed E-state index contributed by atoms with van der Waals surface area (Å²) in [5.74, 6) is 0.0472. The number of hydrogen-bond donors (Lipinski definition) is 1. The summed E-state index contributed by atoms with van der Waals surface area (Å²) in [7, 11) is 0. The SMILES string of the molecule is CCOC(=O)C1CCN(c2ncc(C(=O)Nc3nc(-c4cc(Cl)cs4)c(N4CCC4)s3)cc2Cl)CC1. The number of nitrogens with zero attached hydrogens (tertiary/aromatic N) is 4. The molecular weight excluding hydrogens is 541 g/mol. The standard InChI is InChI=1S/C24H25Cl2N5O3S2/c1-2-34-23(33)14-4-8-30(9-5-14)20-17(26)10-15(12-27-20)21(32)29-24-28-19(18-11-16(25)13-35-18)22(36-24)31-6-3-7-31/h10-14H,2-9H2,1H3,(H,28,29,32). The van der Waals surface area contributed by atoms with Crippen LogP contribution < -0.4 is 15.1 Å². The van der Waals surface area contributed by atoms with Crippen molar-refractivity contribution < 1.29 is 14.3 Å². The largest absolute Gasteiger partial charge is 0.466 e. The van der Waals surface area contributed by atoms with E-state index in [0.717, 1.165) is 35.1 Å². The zero-order valence-corrected chi connectivity index (χ0v) is 22.8. The van der Waals surface area contributed by atoms with Gasteiger partial charge in [0.2, 0.25) is 0 Å². The Labute approximate surface area is 227 Å². The Kier molecular flexibility index (Phi) is 7.66. The van der Waals surface area contributed by atoms with Crippen LogP contribution in [0.1, 0.15) is 36.5 Å². The summed E-state index contributed by atoms with van der Waals surface area (Å²) in [6.45, 7) is 5.44. The topological polar surface area (TPSA) is 87.7 Å². The molecule has 12 heteroatoms. The second-order valence-corrected chi connectivity index (χ2v) is 11.4. The lowest BCUT2D eigenvalue weighted by Gasteiger charge is -2.32. The van der Waals surface area contributed by atoms with Crippen molar-refractivity contribution in [2.75, 3.05) is 47.9 Å². The monoisotopic (exact) mass is 565 g/mol. The summed E-state index contributed by atoms with van der Waals surface area (Å²) < 4.78 is 5.14. The van der Waals surface area contributed by atoms with Crippen LogP contribution in [-0.4, -0.2) is 54.6 Å². The van der Waals surface area contributed by atoms with Gasteiger partial charge in [-0.1, -0.05) is 34.5 Å². The molecule has 1 N–H and O–H groups in total. The molecule has 2 aliphatic rings. The van der Waals surface area contributed by atoms with E-state index in [4.69, 9.17) is 32.9 Å². The number of piperidine rings is 1. The molecule has 8 nitrogen and oxygen atoms in total. The summed E-state index contributed by atoms with van der Waals surface area (Å²) >= 11 is 15.7. The average Bonchev–Trinajstić information content (AvgIpc) is 3.44. The van der Waals surface area contributed by atoms with Crippen LogP contribution in [0, 0.1) is 5.92 Å². The number of amides is 1. The van der Waals surface area contributed by atoms with E-state index >= 15 is 0 Å². The van der Waals surface area contributed by atoms with Crippen molar-refractivity contribution in [3.63, 3.8) is 0 Å². The first-order chi connectivity index (χ1) is 17.4. The molecule has 3 aromatic rings. The molecule has 3 aromatic heterocycles. The smallest absolute Gasteiger partial charge is 0.309 e. The van der Waals surface area contributed by atoms with E-state index in [1.807, 2.05) is 23.3 Å². The molecule has 2 saturated heterocycles. The van der Waals surface area contributed by atoms with Gasteiger partial charge in [-0.15, -0.1) is 11.3 Å². The van der Waals surface area contributed by atoms with Gasteiger partial charge in [-0.05, 0) is 38.3 Å². The Morgan fingerprint density at radius 3 is 2.56 bits per heavy atom. The Morgan fingerprint density at radius 2 is 1.94 bits per heavy atom. The Balaban J connectivity index is 1.27. The molecule has 0 aromatic carbocycles. The molecule has 0 atom stereocenters. The second kappa shape index (κ2) is 10.9. The highest BCUT2D eigenvalue weighted by atomic mass is 35.5. The van der Waals surface area contributed by atoms with Crippen molar-refractivity contribution in [1.29, 1.82) is 0 Å². The van der Waals surface area contributed by atoms with E-state index in [2.05, 4.69) is 15.2 Å². The fourth-order valence-electron chi connectivity index (χ4n) is 4.24. The number of esters is 1. The molecule has 1 amide bonds. The molecule has 36 heavy (non-hydrogen) atoms. The normalized spacial score (nSPS) is 16.1. The first kappa shape index (κ1) is 25.3. The van der Waals surface area contributed by atoms with E-state index in [1.54, 1.807) is 6.07 Å². The predicted octanol–water partition coefficient (Wildman–Crippen LogP) is 5.82. The van der Waals surface area contributed by atoms with Gasteiger partial charge in [0.05, 0.1) is 33.0 Å². The first-order valence-electron chi connectivity index (χ1n) is 11.8. The highest BCUT2D eigenvalue weighted by Gasteiger charge is 2.28. The maximum atomic E-state index is 13.0. The maximum Gasteiger partial charge on any atom is 0.309 e. The minimum Gasteiger partial charge on any atom is -0.466 e. The van der Waals surface area contributed by atoms with Gasteiger partial charge in [-0.25, -0.2) is 9.97 Å². The summed E-state index contributed by atoms with van der Waals surface area (Å²) in [6.07, 6.45) is 4.03. The minimum atomic E-state index is -0.323. The number of anilines is 3. The quantitative estimate of drug-likeness (QED) is 0.361. The second-order valence-electron chi connectivity index (χ2n) is 8.64. The van der Waals surface area contributed by atoms with Gasteiger partial charge in [-0.2, -0.15) is 0 Å². The van der Waals surface area contributed by atoms with Gasteiger partial charge < -0.3 is 14.5 Å². The molecule has 0 aliphatic carbocycles. The number of hydrogen-bond acceptors (Lipinski definition) is 9. The fraction of sp³-hybridized carbons (Fsp3) is 0.417. The molecule has 0 bridgehead atoms. The molecule has 0 saturated carbocycles. The molecular formula is C24H25Cl2N5O3S2. The third-order valence-electron chi connectivity index (χ3n) is 6.27. The van der Waals surface area contributed by atoms with Crippen LogP contribution in [0.25, 0.3) is 10.6 Å². The first-order valence-corrected chi connectivity index (χ1v) is 14.3. The molecule has 190 valence electrons. The van der Waals surface area contributed by atoms with Crippen LogP contribution in [-0.2, 0) is 9.53 Å². The Hall–Kier alpha value is -2.40. The van der Waals surface area contributed by atoms with Crippen molar-refractivity contribution in [2.45, 2.75) is 26.2 Å². The van der Waals surface area contributed by atoms with Crippen molar-refractivity contribution in [2.24, 2.45) is 5.92 Å². The number of rotatable bonds is 7. The van der Waals surface area contributed by atoms with Crippen LogP contribution in [0.15, 0.2) is 23.7 Å². The molecule has 5 rings (SSSR count). The summed E-state index contributed by atoms with van der Waals surface area (Å²) in [6, 6.07) is 3.52. The molecule has 0 spiro atoms. The third-order valence-corrected chi connectivity index (χ3v) is 8.87. The third kappa shape index (κ3) is 5.32. The number of carbonyl (C=O) groups is 2. The molecule has 0 unspecified atom stereocenters. The number of nitrogens with one attached hydrogen (secondary N) is 1. The summed E-state index contributed by atoms with van der Waals surface area (Å²) in [5.41, 5.74) is 1.19. The van der Waals surface area contributed by atoms with Gasteiger partial charge in [0.15, 0.2) is 5.13 Å². The van der Waals surface area contributed by atoms with Crippen LogP contribution in [0.3, 0.4) is 0 Å². The van der Waals surface area contributed by atoms with Gasteiger partial charge in [0.1, 0.15) is 16.5 Å². The lowest BCUT2D eigenvalue weighted by molar-refractivity contribution is -0.148. The van der Waals surface area contributed by atoms with Crippen molar-refractivity contribution in [3.8, 4) is 10.6 Å². The number of pyridine rings is 1. The van der Waals surface area contributed by atoms with E-state index in [9.17, 15) is 9.59 Å². The summed E-state index contributed by atoms with van der Waals surface area (Å²) in [4.78, 5) is 39.5. The fourth-order valence-corrected chi connectivity index (χ4v) is 6.68. The zero-order chi connectivity index (χ0) is 25.2. The lowest BCUT2D eigenvalue weighted by atomic mass is 9.97. The lowest BCUT2D eigenvalue weighted by Crippen LogP contribution is -2.37.